The molecule has 0 aliphatic carbocycles. The molecule has 1 aliphatic heterocycles. The van der Waals surface area contributed by atoms with Crippen LogP contribution in [0.4, 0.5) is 5.82 Å². The number of aryl methyl sites for hydroxylation is 1. The van der Waals surface area contributed by atoms with Gasteiger partial charge in [0.15, 0.2) is 0 Å². The number of hydrogen-bond acceptors (Lipinski definition) is 3. The molecule has 114 valence electrons. The Balaban J connectivity index is 1.69. The first-order valence-corrected chi connectivity index (χ1v) is 7.77. The van der Waals surface area contributed by atoms with Crippen molar-refractivity contribution >= 4 is 11.7 Å². The molecule has 22 heavy (non-hydrogen) atoms. The molecule has 2 aromatic rings. The number of benzene rings is 1. The summed E-state index contributed by atoms with van der Waals surface area (Å²) in [7, 11) is 0. The number of carbonyl (C=O) groups is 1. The number of pyridine rings is 1. The van der Waals surface area contributed by atoms with Crippen LogP contribution < -0.4 is 4.90 Å². The van der Waals surface area contributed by atoms with E-state index >= 15 is 0 Å². The Hall–Kier alpha value is -2.36. The smallest absolute Gasteiger partial charge is 0.253 e. The molecule has 0 spiro atoms. The maximum Gasteiger partial charge on any atom is 0.253 e. The molecule has 1 amide bonds. The first-order valence-electron chi connectivity index (χ1n) is 7.77. The molecule has 0 radical (unpaired) electrons. The van der Waals surface area contributed by atoms with E-state index in [4.69, 9.17) is 0 Å². The minimum Gasteiger partial charge on any atom is -0.355 e. The summed E-state index contributed by atoms with van der Waals surface area (Å²) in [5.41, 5.74) is 1.79. The second kappa shape index (κ2) is 6.60. The Morgan fingerprint density at radius 1 is 0.955 bits per heavy atom. The van der Waals surface area contributed by atoms with Gasteiger partial charge in [-0.2, -0.15) is 0 Å². The summed E-state index contributed by atoms with van der Waals surface area (Å²) in [6.45, 7) is 5.32. The van der Waals surface area contributed by atoms with E-state index in [1.807, 2.05) is 60.4 Å². The van der Waals surface area contributed by atoms with Crippen LogP contribution in [0.25, 0.3) is 0 Å². The topological polar surface area (TPSA) is 36.4 Å². The predicted molar refractivity (Wildman–Crippen MR) is 88.1 cm³/mol. The quantitative estimate of drug-likeness (QED) is 0.855. The summed E-state index contributed by atoms with van der Waals surface area (Å²) in [5.74, 6) is 1.13. The fourth-order valence-corrected chi connectivity index (χ4v) is 2.82. The van der Waals surface area contributed by atoms with Crippen molar-refractivity contribution in [2.45, 2.75) is 13.3 Å². The van der Waals surface area contributed by atoms with Gasteiger partial charge in [-0.15, -0.1) is 0 Å². The highest BCUT2D eigenvalue weighted by molar-refractivity contribution is 5.94. The number of rotatable bonds is 2. The molecule has 3 rings (SSSR count). The number of amides is 1. The first kappa shape index (κ1) is 14.6. The molecule has 0 unspecified atom stereocenters. The van der Waals surface area contributed by atoms with E-state index in [1.165, 1.54) is 0 Å². The summed E-state index contributed by atoms with van der Waals surface area (Å²) < 4.78 is 0. The molecule has 2 heterocycles. The number of nitrogens with zero attached hydrogens (tertiary/aromatic N) is 3. The summed E-state index contributed by atoms with van der Waals surface area (Å²) in [4.78, 5) is 21.3. The molecular weight excluding hydrogens is 274 g/mol. The summed E-state index contributed by atoms with van der Waals surface area (Å²) in [6.07, 6.45) is 0.966. The molecule has 1 aromatic heterocycles. The van der Waals surface area contributed by atoms with Crippen LogP contribution >= 0.6 is 0 Å². The van der Waals surface area contributed by atoms with E-state index in [1.54, 1.807) is 0 Å². The summed E-state index contributed by atoms with van der Waals surface area (Å²) in [5, 5.41) is 0. The highest BCUT2D eigenvalue weighted by atomic mass is 16.2. The van der Waals surface area contributed by atoms with E-state index in [-0.39, 0.29) is 5.91 Å². The second-order valence-electron chi connectivity index (χ2n) is 5.64. The van der Waals surface area contributed by atoms with Gasteiger partial charge in [-0.05, 0) is 37.6 Å². The van der Waals surface area contributed by atoms with Gasteiger partial charge >= 0.3 is 0 Å². The molecule has 0 N–H and O–H groups in total. The fourth-order valence-electron chi connectivity index (χ4n) is 2.82. The van der Waals surface area contributed by atoms with Crippen molar-refractivity contribution < 1.29 is 4.79 Å². The normalized spacial score (nSPS) is 15.5. The number of aromatic nitrogens is 1. The van der Waals surface area contributed by atoms with Crippen LogP contribution in [0, 0.1) is 6.92 Å². The van der Waals surface area contributed by atoms with Crippen LogP contribution in [0.5, 0.6) is 0 Å². The molecule has 0 saturated carbocycles. The van der Waals surface area contributed by atoms with Crippen LogP contribution in [0.2, 0.25) is 0 Å². The third kappa shape index (κ3) is 3.27. The second-order valence-corrected chi connectivity index (χ2v) is 5.64. The highest BCUT2D eigenvalue weighted by Crippen LogP contribution is 2.15. The molecule has 4 nitrogen and oxygen atoms in total. The van der Waals surface area contributed by atoms with Gasteiger partial charge in [0, 0.05) is 37.4 Å². The Bertz CT molecular complexity index is 642. The molecule has 0 bridgehead atoms. The SMILES string of the molecule is Cc1cccc(N2CCCN(C(=O)c3ccccc3)CC2)n1. The van der Waals surface area contributed by atoms with E-state index in [2.05, 4.69) is 9.88 Å². The third-order valence-electron chi connectivity index (χ3n) is 4.00. The van der Waals surface area contributed by atoms with Gasteiger partial charge in [0.1, 0.15) is 5.82 Å². The van der Waals surface area contributed by atoms with Crippen LogP contribution in [0.3, 0.4) is 0 Å². The molecule has 1 aliphatic rings. The summed E-state index contributed by atoms with van der Waals surface area (Å²) in [6, 6.07) is 15.6. The first-order chi connectivity index (χ1) is 10.7. The van der Waals surface area contributed by atoms with Crippen LogP contribution in [-0.4, -0.2) is 42.0 Å². The van der Waals surface area contributed by atoms with Crippen molar-refractivity contribution in [1.29, 1.82) is 0 Å². The monoisotopic (exact) mass is 295 g/mol. The van der Waals surface area contributed by atoms with Gasteiger partial charge in [0.25, 0.3) is 5.91 Å². The lowest BCUT2D eigenvalue weighted by atomic mass is 10.2. The minimum absolute atomic E-state index is 0.125. The van der Waals surface area contributed by atoms with Crippen LogP contribution in [0.15, 0.2) is 48.5 Å². The van der Waals surface area contributed by atoms with Crippen molar-refractivity contribution in [1.82, 2.24) is 9.88 Å². The van der Waals surface area contributed by atoms with Gasteiger partial charge < -0.3 is 9.80 Å². The molecule has 1 saturated heterocycles. The van der Waals surface area contributed by atoms with Gasteiger partial charge in [0.2, 0.25) is 0 Å². The van der Waals surface area contributed by atoms with Crippen molar-refractivity contribution in [3.63, 3.8) is 0 Å². The lowest BCUT2D eigenvalue weighted by Crippen LogP contribution is -2.35. The standard InChI is InChI=1S/C18H21N3O/c1-15-7-5-10-17(19-15)20-11-6-12-21(14-13-20)18(22)16-8-3-2-4-9-16/h2-5,7-10H,6,11-14H2,1H3. The maximum absolute atomic E-state index is 12.5. The zero-order chi connectivity index (χ0) is 15.4. The Morgan fingerprint density at radius 3 is 2.55 bits per heavy atom. The van der Waals surface area contributed by atoms with Crippen LogP contribution in [0.1, 0.15) is 22.5 Å². The van der Waals surface area contributed by atoms with Gasteiger partial charge in [-0.3, -0.25) is 4.79 Å². The van der Waals surface area contributed by atoms with Crippen LogP contribution in [-0.2, 0) is 0 Å². The molecule has 0 atom stereocenters. The zero-order valence-electron chi connectivity index (χ0n) is 12.9. The number of hydrogen-bond donors (Lipinski definition) is 0. The fraction of sp³-hybridized carbons (Fsp3) is 0.333. The predicted octanol–water partition coefficient (Wildman–Crippen LogP) is 2.74. The number of carbonyl (C=O) groups excluding carboxylic acids is 1. The molecule has 1 aromatic carbocycles. The van der Waals surface area contributed by atoms with Gasteiger partial charge in [-0.25, -0.2) is 4.98 Å². The Morgan fingerprint density at radius 2 is 1.77 bits per heavy atom. The van der Waals surface area contributed by atoms with Gasteiger partial charge in [0.05, 0.1) is 0 Å². The third-order valence-corrected chi connectivity index (χ3v) is 4.00. The van der Waals surface area contributed by atoms with Crippen molar-refractivity contribution in [3.8, 4) is 0 Å². The van der Waals surface area contributed by atoms with Gasteiger partial charge in [-0.1, -0.05) is 24.3 Å². The van der Waals surface area contributed by atoms with Crippen molar-refractivity contribution in [2.24, 2.45) is 0 Å². The molecule has 1 fully saturated rings. The van der Waals surface area contributed by atoms with Crippen molar-refractivity contribution in [2.75, 3.05) is 31.1 Å². The number of anilines is 1. The van der Waals surface area contributed by atoms with E-state index in [9.17, 15) is 4.79 Å². The van der Waals surface area contributed by atoms with E-state index in [0.717, 1.165) is 49.7 Å². The Labute approximate surface area is 131 Å². The largest absolute Gasteiger partial charge is 0.355 e. The van der Waals surface area contributed by atoms with Crippen molar-refractivity contribution in [3.05, 3.63) is 59.8 Å². The Kier molecular flexibility index (Phi) is 4.37. The molecule has 4 heteroatoms. The van der Waals surface area contributed by atoms with E-state index < -0.39 is 0 Å². The lowest BCUT2D eigenvalue weighted by Gasteiger charge is -2.23. The molecular formula is C18H21N3O. The summed E-state index contributed by atoms with van der Waals surface area (Å²) >= 11 is 0. The zero-order valence-corrected chi connectivity index (χ0v) is 12.9. The lowest BCUT2D eigenvalue weighted by molar-refractivity contribution is 0.0767. The highest BCUT2D eigenvalue weighted by Gasteiger charge is 2.20. The average molecular weight is 295 g/mol. The maximum atomic E-state index is 12.5. The minimum atomic E-state index is 0.125. The van der Waals surface area contributed by atoms with E-state index in [0.29, 0.717) is 0 Å². The average Bonchev–Trinajstić information content (AvgIpc) is 2.81.